The van der Waals surface area contributed by atoms with Gasteiger partial charge in [-0.1, -0.05) is 18.2 Å². The molecule has 0 spiro atoms. The molecular formula is C24H20FN3O4. The summed E-state index contributed by atoms with van der Waals surface area (Å²) in [5, 5.41) is 14.4. The largest absolute Gasteiger partial charge is 0.493 e. The maximum absolute atomic E-state index is 13.3. The zero-order chi connectivity index (χ0) is 22.9. The Bertz CT molecular complexity index is 1170. The van der Waals surface area contributed by atoms with Crippen LogP contribution in [0.3, 0.4) is 0 Å². The van der Waals surface area contributed by atoms with Crippen LogP contribution in [0, 0.1) is 17.1 Å². The predicted molar refractivity (Wildman–Crippen MR) is 116 cm³/mol. The number of ether oxygens (including phenoxy) is 2. The Kier molecular flexibility index (Phi) is 7.38. The zero-order valence-corrected chi connectivity index (χ0v) is 17.2. The van der Waals surface area contributed by atoms with Gasteiger partial charge in [-0.3, -0.25) is 9.59 Å². The maximum atomic E-state index is 13.3. The van der Waals surface area contributed by atoms with Crippen molar-refractivity contribution in [1.29, 1.82) is 5.26 Å². The van der Waals surface area contributed by atoms with Gasteiger partial charge in [0.15, 0.2) is 18.1 Å². The third-order valence-electron chi connectivity index (χ3n) is 4.41. The lowest BCUT2D eigenvalue weighted by molar-refractivity contribution is -0.123. The molecule has 32 heavy (non-hydrogen) atoms. The van der Waals surface area contributed by atoms with E-state index in [-0.39, 0.29) is 24.6 Å². The molecule has 0 saturated carbocycles. The van der Waals surface area contributed by atoms with E-state index >= 15 is 0 Å². The smallest absolute Gasteiger partial charge is 0.258 e. The van der Waals surface area contributed by atoms with Crippen LogP contribution in [0.5, 0.6) is 11.5 Å². The maximum Gasteiger partial charge on any atom is 0.258 e. The molecule has 8 heteroatoms. The number of amides is 2. The summed E-state index contributed by atoms with van der Waals surface area (Å²) in [5.41, 5.74) is 1.90. The summed E-state index contributed by atoms with van der Waals surface area (Å²) in [4.78, 5) is 24.4. The van der Waals surface area contributed by atoms with Crippen molar-refractivity contribution in [3.63, 3.8) is 0 Å². The van der Waals surface area contributed by atoms with Gasteiger partial charge in [0.1, 0.15) is 5.82 Å². The molecule has 0 aliphatic heterocycles. The van der Waals surface area contributed by atoms with Gasteiger partial charge in [0.2, 0.25) is 0 Å². The minimum atomic E-state index is -0.491. The lowest BCUT2D eigenvalue weighted by Crippen LogP contribution is -2.28. The van der Waals surface area contributed by atoms with Crippen molar-refractivity contribution in [2.75, 3.05) is 19.0 Å². The highest BCUT2D eigenvalue weighted by atomic mass is 19.1. The van der Waals surface area contributed by atoms with Crippen LogP contribution in [0.2, 0.25) is 0 Å². The number of benzene rings is 3. The van der Waals surface area contributed by atoms with Crippen molar-refractivity contribution in [1.82, 2.24) is 5.32 Å². The summed E-state index contributed by atoms with van der Waals surface area (Å²) in [6.07, 6.45) is 0. The number of nitrogens with one attached hydrogen (secondary N) is 2. The van der Waals surface area contributed by atoms with Crippen LogP contribution in [0.15, 0.2) is 66.7 Å². The molecule has 2 amide bonds. The van der Waals surface area contributed by atoms with E-state index < -0.39 is 11.7 Å². The number of hydrogen-bond acceptors (Lipinski definition) is 5. The molecule has 3 rings (SSSR count). The average Bonchev–Trinajstić information content (AvgIpc) is 2.81. The number of anilines is 1. The molecule has 0 radical (unpaired) electrons. The predicted octanol–water partition coefficient (Wildman–Crippen LogP) is 3.65. The number of halogens is 1. The van der Waals surface area contributed by atoms with E-state index in [0.29, 0.717) is 22.7 Å². The number of methoxy groups -OCH3 is 1. The number of rotatable bonds is 8. The molecular weight excluding hydrogens is 413 g/mol. The molecule has 0 aliphatic carbocycles. The van der Waals surface area contributed by atoms with Crippen molar-refractivity contribution in [2.45, 2.75) is 6.54 Å². The van der Waals surface area contributed by atoms with Gasteiger partial charge in [0.05, 0.1) is 18.7 Å². The molecule has 7 nitrogen and oxygen atoms in total. The van der Waals surface area contributed by atoms with Crippen molar-refractivity contribution in [3.8, 4) is 17.6 Å². The van der Waals surface area contributed by atoms with Crippen LogP contribution in [0.1, 0.15) is 21.5 Å². The molecule has 3 aromatic rings. The first-order valence-corrected chi connectivity index (χ1v) is 9.62. The highest BCUT2D eigenvalue weighted by Crippen LogP contribution is 2.27. The highest BCUT2D eigenvalue weighted by Gasteiger charge is 2.10. The number of carbonyl (C=O) groups is 2. The van der Waals surface area contributed by atoms with Gasteiger partial charge in [0, 0.05) is 23.9 Å². The van der Waals surface area contributed by atoms with E-state index in [4.69, 9.17) is 14.7 Å². The van der Waals surface area contributed by atoms with Crippen LogP contribution in [-0.4, -0.2) is 25.5 Å². The van der Waals surface area contributed by atoms with Gasteiger partial charge >= 0.3 is 0 Å². The van der Waals surface area contributed by atoms with Crippen LogP contribution >= 0.6 is 0 Å². The van der Waals surface area contributed by atoms with E-state index in [1.165, 1.54) is 31.4 Å². The van der Waals surface area contributed by atoms with Gasteiger partial charge in [-0.25, -0.2) is 4.39 Å². The first kappa shape index (κ1) is 22.3. The molecule has 162 valence electrons. The third-order valence-corrected chi connectivity index (χ3v) is 4.41. The van der Waals surface area contributed by atoms with Crippen LogP contribution < -0.4 is 20.1 Å². The number of nitriles is 1. The van der Waals surface area contributed by atoms with E-state index in [2.05, 4.69) is 10.6 Å². The Morgan fingerprint density at radius 1 is 1.03 bits per heavy atom. The SMILES string of the molecule is COc1cc(C#N)ccc1OCC(=O)NCc1cccc(NC(=O)c2cccc(F)c2)c1. The second kappa shape index (κ2) is 10.6. The fraction of sp³-hybridized carbons (Fsp3) is 0.125. The van der Waals surface area contributed by atoms with Crippen LogP contribution in [0.4, 0.5) is 10.1 Å². The first-order valence-electron chi connectivity index (χ1n) is 9.62. The van der Waals surface area contributed by atoms with Crippen molar-refractivity contribution in [3.05, 3.63) is 89.2 Å². The molecule has 0 saturated heterocycles. The highest BCUT2D eigenvalue weighted by molar-refractivity contribution is 6.04. The van der Waals surface area contributed by atoms with Gasteiger partial charge in [-0.05, 0) is 48.0 Å². The number of nitrogens with zero attached hydrogens (tertiary/aromatic N) is 1. The summed E-state index contributed by atoms with van der Waals surface area (Å²) in [6.45, 7) is -0.0192. The second-order valence-corrected chi connectivity index (χ2v) is 6.71. The molecule has 0 atom stereocenters. The molecule has 3 aromatic carbocycles. The summed E-state index contributed by atoms with van der Waals surface area (Å²) in [6, 6.07) is 19.0. The van der Waals surface area contributed by atoms with Crippen molar-refractivity contribution >= 4 is 17.5 Å². The van der Waals surface area contributed by atoms with Crippen LogP contribution in [0.25, 0.3) is 0 Å². The van der Waals surface area contributed by atoms with Gasteiger partial charge in [-0.2, -0.15) is 5.26 Å². The Morgan fingerprint density at radius 2 is 1.84 bits per heavy atom. The molecule has 0 fully saturated rings. The normalized spacial score (nSPS) is 10.0. The van der Waals surface area contributed by atoms with E-state index in [9.17, 15) is 14.0 Å². The van der Waals surface area contributed by atoms with Gasteiger partial charge in [0.25, 0.3) is 11.8 Å². The lowest BCUT2D eigenvalue weighted by atomic mass is 10.1. The number of hydrogen-bond donors (Lipinski definition) is 2. The number of carbonyl (C=O) groups excluding carboxylic acids is 2. The van der Waals surface area contributed by atoms with E-state index in [0.717, 1.165) is 11.6 Å². The first-order chi connectivity index (χ1) is 15.5. The van der Waals surface area contributed by atoms with Crippen LogP contribution in [-0.2, 0) is 11.3 Å². The minimum Gasteiger partial charge on any atom is -0.493 e. The topological polar surface area (TPSA) is 100 Å². The summed E-state index contributed by atoms with van der Waals surface area (Å²) >= 11 is 0. The monoisotopic (exact) mass is 433 g/mol. The molecule has 0 aliphatic rings. The molecule has 2 N–H and O–H groups in total. The molecule has 0 aromatic heterocycles. The minimum absolute atomic E-state index is 0.207. The summed E-state index contributed by atoms with van der Waals surface area (Å²) in [5.74, 6) is -0.571. The standard InChI is InChI=1S/C24H20FN3O4/c1-31-22-11-16(13-26)8-9-21(22)32-15-23(29)27-14-17-4-2-7-20(10-17)28-24(30)18-5-3-6-19(25)12-18/h2-12H,14-15H2,1H3,(H,27,29)(H,28,30). The fourth-order valence-electron chi connectivity index (χ4n) is 2.84. The van der Waals surface area contributed by atoms with E-state index in [1.807, 2.05) is 6.07 Å². The molecule has 0 heterocycles. The van der Waals surface area contributed by atoms with Crippen molar-refractivity contribution in [2.24, 2.45) is 0 Å². The summed E-state index contributed by atoms with van der Waals surface area (Å²) < 4.78 is 24.0. The summed E-state index contributed by atoms with van der Waals surface area (Å²) in [7, 11) is 1.45. The lowest BCUT2D eigenvalue weighted by Gasteiger charge is -2.11. The molecule has 0 unspecified atom stereocenters. The van der Waals surface area contributed by atoms with Gasteiger partial charge < -0.3 is 20.1 Å². The Hall–Kier alpha value is -4.38. The third kappa shape index (κ3) is 6.06. The van der Waals surface area contributed by atoms with Crippen molar-refractivity contribution < 1.29 is 23.5 Å². The van der Waals surface area contributed by atoms with E-state index in [1.54, 1.807) is 36.4 Å². The second-order valence-electron chi connectivity index (χ2n) is 6.71. The quantitative estimate of drug-likeness (QED) is 0.565. The Morgan fingerprint density at radius 3 is 2.59 bits per heavy atom. The Balaban J connectivity index is 1.53. The fourth-order valence-corrected chi connectivity index (χ4v) is 2.84. The zero-order valence-electron chi connectivity index (χ0n) is 17.2. The average molecular weight is 433 g/mol. The van der Waals surface area contributed by atoms with Gasteiger partial charge in [-0.15, -0.1) is 0 Å². The molecule has 0 bridgehead atoms. The Labute approximate surface area is 184 Å².